The molecule has 0 spiro atoms. The van der Waals surface area contributed by atoms with Gasteiger partial charge in [0.25, 0.3) is 5.91 Å². The molecule has 198 valence electrons. The van der Waals surface area contributed by atoms with Gasteiger partial charge in [-0.1, -0.05) is 36.2 Å². The molecule has 5 rings (SSSR count). The summed E-state index contributed by atoms with van der Waals surface area (Å²) < 4.78 is 14.6. The van der Waals surface area contributed by atoms with Crippen molar-refractivity contribution in [3.05, 3.63) is 64.4 Å². The van der Waals surface area contributed by atoms with E-state index in [2.05, 4.69) is 4.90 Å². The van der Waals surface area contributed by atoms with Gasteiger partial charge in [0.2, 0.25) is 5.91 Å². The summed E-state index contributed by atoms with van der Waals surface area (Å²) in [5.74, 6) is 1.07. The number of piperidine rings is 2. The predicted octanol–water partition coefficient (Wildman–Crippen LogP) is 5.76. The van der Waals surface area contributed by atoms with Crippen molar-refractivity contribution in [2.24, 2.45) is 11.8 Å². The molecule has 3 fully saturated rings. The van der Waals surface area contributed by atoms with Gasteiger partial charge in [-0.2, -0.15) is 0 Å². The Labute approximate surface area is 224 Å². The molecule has 0 aromatic heterocycles. The number of hydrogen-bond donors (Lipinski definition) is 0. The maximum absolute atomic E-state index is 14.6. The molecule has 3 aliphatic rings. The number of halogens is 2. The third kappa shape index (κ3) is 4.97. The van der Waals surface area contributed by atoms with E-state index in [1.54, 1.807) is 26.2 Å². The number of carbonyl (C=O) groups is 2. The largest absolute Gasteiger partial charge is 0.371 e. The van der Waals surface area contributed by atoms with E-state index in [1.807, 2.05) is 29.2 Å². The second-order valence-corrected chi connectivity index (χ2v) is 11.6. The van der Waals surface area contributed by atoms with Crippen LogP contribution in [0.25, 0.3) is 0 Å². The van der Waals surface area contributed by atoms with Crippen molar-refractivity contribution in [1.29, 1.82) is 0 Å². The van der Waals surface area contributed by atoms with Crippen LogP contribution < -0.4 is 4.90 Å². The molecule has 2 aromatic carbocycles. The molecule has 7 heteroatoms. The average molecular weight is 526 g/mol. The van der Waals surface area contributed by atoms with Crippen molar-refractivity contribution in [2.75, 3.05) is 45.2 Å². The second-order valence-electron chi connectivity index (χ2n) is 11.2. The van der Waals surface area contributed by atoms with Crippen LogP contribution in [0.4, 0.5) is 10.1 Å². The van der Waals surface area contributed by atoms with E-state index in [0.29, 0.717) is 28.0 Å². The van der Waals surface area contributed by atoms with Crippen molar-refractivity contribution < 1.29 is 14.0 Å². The monoisotopic (exact) mass is 525 g/mol. The van der Waals surface area contributed by atoms with Crippen molar-refractivity contribution >= 4 is 29.1 Å². The molecule has 2 saturated heterocycles. The lowest BCUT2D eigenvalue weighted by atomic mass is 9.63. The first-order chi connectivity index (χ1) is 17.8. The Balaban J connectivity index is 1.15. The van der Waals surface area contributed by atoms with E-state index < -0.39 is 5.41 Å². The number of likely N-dealkylation sites (tertiary alicyclic amines) is 1. The van der Waals surface area contributed by atoms with E-state index in [1.165, 1.54) is 11.0 Å². The Bertz CT molecular complexity index is 1150. The molecule has 2 aliphatic heterocycles. The second kappa shape index (κ2) is 10.6. The van der Waals surface area contributed by atoms with E-state index >= 15 is 0 Å². The maximum Gasteiger partial charge on any atom is 0.254 e. The molecule has 0 N–H and O–H groups in total. The van der Waals surface area contributed by atoms with Crippen LogP contribution in [0.3, 0.4) is 0 Å². The minimum atomic E-state index is -0.655. The minimum Gasteiger partial charge on any atom is -0.371 e. The van der Waals surface area contributed by atoms with Crippen LogP contribution >= 0.6 is 11.6 Å². The summed E-state index contributed by atoms with van der Waals surface area (Å²) in [4.78, 5) is 31.8. The van der Waals surface area contributed by atoms with E-state index in [-0.39, 0.29) is 17.6 Å². The summed E-state index contributed by atoms with van der Waals surface area (Å²) in [7, 11) is 3.46. The number of anilines is 1. The van der Waals surface area contributed by atoms with Crippen LogP contribution in [0.5, 0.6) is 0 Å². The lowest BCUT2D eigenvalue weighted by Gasteiger charge is -2.47. The Hall–Kier alpha value is -2.60. The first-order valence-electron chi connectivity index (χ1n) is 13.6. The molecule has 37 heavy (non-hydrogen) atoms. The van der Waals surface area contributed by atoms with Gasteiger partial charge in [0.05, 0.1) is 16.0 Å². The Morgan fingerprint density at radius 3 is 2.11 bits per heavy atom. The van der Waals surface area contributed by atoms with Crippen molar-refractivity contribution in [1.82, 2.24) is 9.80 Å². The van der Waals surface area contributed by atoms with E-state index in [0.717, 1.165) is 76.8 Å². The van der Waals surface area contributed by atoms with E-state index in [4.69, 9.17) is 11.6 Å². The molecule has 2 aromatic rings. The molecule has 1 saturated carbocycles. The molecule has 5 nitrogen and oxygen atoms in total. The van der Waals surface area contributed by atoms with Gasteiger partial charge in [0.1, 0.15) is 5.82 Å². The van der Waals surface area contributed by atoms with Crippen LogP contribution in [-0.2, 0) is 10.2 Å². The molecule has 0 unspecified atom stereocenters. The summed E-state index contributed by atoms with van der Waals surface area (Å²) in [6.07, 6.45) is 6.77. The smallest absolute Gasteiger partial charge is 0.254 e. The number of nitrogens with zero attached hydrogens (tertiary/aromatic N) is 3. The highest BCUT2D eigenvalue weighted by Gasteiger charge is 2.49. The van der Waals surface area contributed by atoms with Gasteiger partial charge in [-0.25, -0.2) is 4.39 Å². The lowest BCUT2D eigenvalue weighted by molar-refractivity contribution is -0.142. The highest BCUT2D eigenvalue weighted by atomic mass is 35.5. The Morgan fingerprint density at radius 1 is 0.946 bits per heavy atom. The summed E-state index contributed by atoms with van der Waals surface area (Å²) in [6.45, 7) is 3.49. The van der Waals surface area contributed by atoms with Crippen molar-refractivity contribution in [3.8, 4) is 0 Å². The average Bonchev–Trinajstić information content (AvgIpc) is 2.89. The van der Waals surface area contributed by atoms with Gasteiger partial charge in [-0.15, -0.1) is 0 Å². The standard InChI is InChI=1S/C30H37ClFN3O2/c1-33(2)28(36)24-9-8-23(20-26(24)31)34-16-10-21(11-17-34)22-12-18-35(19-13-22)29(37)30(14-5-15-30)25-6-3-4-7-27(25)32/h3-4,6-9,20-22H,5,10-19H2,1-2H3. The third-order valence-electron chi connectivity index (χ3n) is 8.99. The molecule has 2 heterocycles. The zero-order valence-electron chi connectivity index (χ0n) is 21.9. The summed E-state index contributed by atoms with van der Waals surface area (Å²) in [5.41, 5.74) is 1.53. The lowest BCUT2D eigenvalue weighted by Crippen LogP contribution is -2.54. The normalized spacial score (nSPS) is 20.4. The molecule has 0 bridgehead atoms. The number of rotatable bonds is 5. The molecular weight excluding hydrogens is 489 g/mol. The fourth-order valence-corrected chi connectivity index (χ4v) is 6.85. The first-order valence-corrected chi connectivity index (χ1v) is 14.0. The Morgan fingerprint density at radius 2 is 1.57 bits per heavy atom. The molecule has 0 atom stereocenters. The first kappa shape index (κ1) is 26.0. The number of hydrogen-bond acceptors (Lipinski definition) is 3. The number of amides is 2. The van der Waals surface area contributed by atoms with Crippen molar-refractivity contribution in [3.63, 3.8) is 0 Å². The minimum absolute atomic E-state index is 0.0859. The molecule has 2 amide bonds. The highest BCUT2D eigenvalue weighted by molar-refractivity contribution is 6.34. The van der Waals surface area contributed by atoms with E-state index in [9.17, 15) is 14.0 Å². The van der Waals surface area contributed by atoms with Crippen LogP contribution in [-0.4, -0.2) is 61.9 Å². The molecule has 0 radical (unpaired) electrons. The fourth-order valence-electron chi connectivity index (χ4n) is 6.60. The molecular formula is C30H37ClFN3O2. The van der Waals surface area contributed by atoms with Gasteiger partial charge in [-0.05, 0) is 74.6 Å². The number of carbonyl (C=O) groups excluding carboxylic acids is 2. The van der Waals surface area contributed by atoms with Gasteiger partial charge >= 0.3 is 0 Å². The fraction of sp³-hybridized carbons (Fsp3) is 0.533. The van der Waals surface area contributed by atoms with Crippen LogP contribution in [0, 0.1) is 17.7 Å². The van der Waals surface area contributed by atoms with Crippen LogP contribution in [0.2, 0.25) is 5.02 Å². The van der Waals surface area contributed by atoms with Crippen molar-refractivity contribution in [2.45, 2.75) is 50.4 Å². The van der Waals surface area contributed by atoms with Gasteiger partial charge in [-0.3, -0.25) is 9.59 Å². The zero-order chi connectivity index (χ0) is 26.2. The molecule has 1 aliphatic carbocycles. The third-order valence-corrected chi connectivity index (χ3v) is 9.31. The maximum atomic E-state index is 14.6. The highest BCUT2D eigenvalue weighted by Crippen LogP contribution is 2.47. The topological polar surface area (TPSA) is 43.9 Å². The van der Waals surface area contributed by atoms with Crippen LogP contribution in [0.15, 0.2) is 42.5 Å². The Kier molecular flexibility index (Phi) is 7.49. The summed E-state index contributed by atoms with van der Waals surface area (Å²) in [5, 5.41) is 0.495. The SMILES string of the molecule is CN(C)C(=O)c1ccc(N2CCC(C3CCN(C(=O)C4(c5ccccc5F)CCC4)CC3)CC2)cc1Cl. The summed E-state index contributed by atoms with van der Waals surface area (Å²) >= 11 is 6.44. The predicted molar refractivity (Wildman–Crippen MR) is 146 cm³/mol. The van der Waals surface area contributed by atoms with Gasteiger partial charge < -0.3 is 14.7 Å². The number of benzene rings is 2. The zero-order valence-corrected chi connectivity index (χ0v) is 22.6. The quantitative estimate of drug-likeness (QED) is 0.498. The van der Waals surface area contributed by atoms with Gasteiger partial charge in [0.15, 0.2) is 0 Å². The summed E-state index contributed by atoms with van der Waals surface area (Å²) in [6, 6.07) is 12.6. The van der Waals surface area contributed by atoms with Gasteiger partial charge in [0, 0.05) is 51.5 Å². The van der Waals surface area contributed by atoms with Crippen LogP contribution in [0.1, 0.15) is 60.9 Å².